The van der Waals surface area contributed by atoms with E-state index in [2.05, 4.69) is 0 Å². The van der Waals surface area contributed by atoms with Crippen molar-refractivity contribution in [2.24, 2.45) is 5.73 Å². The molecule has 0 atom stereocenters. The molecule has 0 aliphatic heterocycles. The van der Waals surface area contributed by atoms with Crippen LogP contribution in [0.15, 0.2) is 18.2 Å². The molecule has 0 saturated carbocycles. The van der Waals surface area contributed by atoms with Crippen LogP contribution in [0.1, 0.15) is 5.56 Å². The Morgan fingerprint density at radius 2 is 2.06 bits per heavy atom. The molecule has 0 heterocycles. The van der Waals surface area contributed by atoms with Crippen LogP contribution in [0.4, 0.5) is 24.5 Å². The van der Waals surface area contributed by atoms with Gasteiger partial charge in [0.15, 0.2) is 5.96 Å². The number of anilines is 1. The largest absolute Gasteiger partial charge is 0.416 e. The summed E-state index contributed by atoms with van der Waals surface area (Å²) in [5.74, 6) is -0.516. The number of nitrogens with zero attached hydrogens (tertiary/aromatic N) is 2. The standard InChI is InChI=1S/C9H9F3N4O2/c1-15(8(13)14)6-3-2-5(9(10,11)12)4-7(6)16(17)18/h2-4H,1H3,(H3,13,14). The van der Waals surface area contributed by atoms with Gasteiger partial charge in [0.05, 0.1) is 10.5 Å². The van der Waals surface area contributed by atoms with E-state index in [0.29, 0.717) is 12.1 Å². The summed E-state index contributed by atoms with van der Waals surface area (Å²) in [5, 5.41) is 17.8. The Balaban J connectivity index is 3.39. The van der Waals surface area contributed by atoms with Crippen LogP contribution in [-0.4, -0.2) is 17.9 Å². The topological polar surface area (TPSA) is 96.2 Å². The highest BCUT2D eigenvalue weighted by Gasteiger charge is 2.33. The normalized spacial score (nSPS) is 11.1. The number of nitrogens with two attached hydrogens (primary N) is 1. The lowest BCUT2D eigenvalue weighted by atomic mass is 10.1. The fourth-order valence-electron chi connectivity index (χ4n) is 1.26. The van der Waals surface area contributed by atoms with Gasteiger partial charge in [-0.25, -0.2) is 0 Å². The summed E-state index contributed by atoms with van der Waals surface area (Å²) >= 11 is 0. The van der Waals surface area contributed by atoms with E-state index in [-0.39, 0.29) is 5.69 Å². The number of benzene rings is 1. The summed E-state index contributed by atoms with van der Waals surface area (Å²) in [7, 11) is 1.25. The summed E-state index contributed by atoms with van der Waals surface area (Å²) < 4.78 is 37.3. The van der Waals surface area contributed by atoms with Gasteiger partial charge in [0, 0.05) is 13.1 Å². The van der Waals surface area contributed by atoms with Gasteiger partial charge in [-0.15, -0.1) is 0 Å². The highest BCUT2D eigenvalue weighted by atomic mass is 19.4. The molecular weight excluding hydrogens is 253 g/mol. The Bertz CT molecular complexity index is 501. The van der Waals surface area contributed by atoms with Crippen LogP contribution in [0.2, 0.25) is 0 Å². The van der Waals surface area contributed by atoms with Crippen molar-refractivity contribution in [1.29, 1.82) is 5.41 Å². The SMILES string of the molecule is CN(C(=N)N)c1ccc(C(F)(F)F)cc1[N+](=O)[O-]. The highest BCUT2D eigenvalue weighted by molar-refractivity contribution is 5.94. The van der Waals surface area contributed by atoms with Gasteiger partial charge in [-0.2, -0.15) is 13.2 Å². The van der Waals surface area contributed by atoms with Gasteiger partial charge in [0.2, 0.25) is 0 Å². The van der Waals surface area contributed by atoms with Crippen molar-refractivity contribution in [3.8, 4) is 0 Å². The maximum absolute atomic E-state index is 12.4. The highest BCUT2D eigenvalue weighted by Crippen LogP contribution is 2.35. The molecule has 0 fully saturated rings. The zero-order valence-electron chi connectivity index (χ0n) is 9.15. The van der Waals surface area contributed by atoms with Crippen molar-refractivity contribution in [3.05, 3.63) is 33.9 Å². The van der Waals surface area contributed by atoms with E-state index in [4.69, 9.17) is 11.1 Å². The van der Waals surface area contributed by atoms with Gasteiger partial charge >= 0.3 is 6.18 Å². The van der Waals surface area contributed by atoms with Crippen LogP contribution in [0.25, 0.3) is 0 Å². The fraction of sp³-hybridized carbons (Fsp3) is 0.222. The monoisotopic (exact) mass is 262 g/mol. The third-order valence-electron chi connectivity index (χ3n) is 2.22. The molecule has 98 valence electrons. The third kappa shape index (κ3) is 2.67. The summed E-state index contributed by atoms with van der Waals surface area (Å²) in [6, 6.07) is 2.01. The van der Waals surface area contributed by atoms with Crippen LogP contribution in [0.3, 0.4) is 0 Å². The summed E-state index contributed by atoms with van der Waals surface area (Å²) in [5.41, 5.74) is 3.05. The number of hydrogen-bond donors (Lipinski definition) is 2. The molecule has 0 aliphatic rings. The second kappa shape index (κ2) is 4.51. The molecule has 1 aromatic carbocycles. The number of nitro benzene ring substituents is 1. The lowest BCUT2D eigenvalue weighted by Gasteiger charge is -2.17. The minimum absolute atomic E-state index is 0.180. The van der Waals surface area contributed by atoms with E-state index >= 15 is 0 Å². The van der Waals surface area contributed by atoms with Gasteiger partial charge < -0.3 is 10.6 Å². The minimum atomic E-state index is -4.67. The molecule has 0 aromatic heterocycles. The van der Waals surface area contributed by atoms with Crippen molar-refractivity contribution in [1.82, 2.24) is 0 Å². The molecule has 0 spiro atoms. The molecule has 1 rings (SSSR count). The number of nitro groups is 1. The first-order valence-electron chi connectivity index (χ1n) is 4.58. The number of hydrogen-bond acceptors (Lipinski definition) is 3. The molecule has 0 aliphatic carbocycles. The van der Waals surface area contributed by atoms with Gasteiger partial charge in [-0.05, 0) is 12.1 Å². The number of alkyl halides is 3. The predicted octanol–water partition coefficient (Wildman–Crippen LogP) is 1.94. The lowest BCUT2D eigenvalue weighted by molar-refractivity contribution is -0.384. The van der Waals surface area contributed by atoms with Crippen LogP contribution in [0.5, 0.6) is 0 Å². The predicted molar refractivity (Wildman–Crippen MR) is 58.4 cm³/mol. The van der Waals surface area contributed by atoms with Crippen molar-refractivity contribution in [2.75, 3.05) is 11.9 Å². The molecule has 3 N–H and O–H groups in total. The summed E-state index contributed by atoms with van der Waals surface area (Å²) in [6.07, 6.45) is -4.67. The maximum atomic E-state index is 12.4. The smallest absolute Gasteiger partial charge is 0.370 e. The molecule has 0 bridgehead atoms. The summed E-state index contributed by atoms with van der Waals surface area (Å²) in [4.78, 5) is 10.7. The van der Waals surface area contributed by atoms with Gasteiger partial charge in [0.25, 0.3) is 5.69 Å². The molecule has 6 nitrogen and oxygen atoms in total. The second-order valence-electron chi connectivity index (χ2n) is 3.40. The Kier molecular flexibility index (Phi) is 3.44. The van der Waals surface area contributed by atoms with Crippen LogP contribution in [0, 0.1) is 15.5 Å². The zero-order chi connectivity index (χ0) is 14.1. The average Bonchev–Trinajstić information content (AvgIpc) is 2.25. The second-order valence-corrected chi connectivity index (χ2v) is 3.40. The van der Waals surface area contributed by atoms with Gasteiger partial charge in [0.1, 0.15) is 5.69 Å². The average molecular weight is 262 g/mol. The van der Waals surface area contributed by atoms with Crippen molar-refractivity contribution >= 4 is 17.3 Å². The van der Waals surface area contributed by atoms with E-state index in [0.717, 1.165) is 11.0 Å². The third-order valence-corrected chi connectivity index (χ3v) is 2.22. The molecular formula is C9H9F3N4O2. The minimum Gasteiger partial charge on any atom is -0.370 e. The van der Waals surface area contributed by atoms with E-state index in [9.17, 15) is 23.3 Å². The number of rotatable bonds is 2. The number of nitrogens with one attached hydrogen (secondary N) is 1. The summed E-state index contributed by atoms with van der Waals surface area (Å²) in [6.45, 7) is 0. The quantitative estimate of drug-likeness (QED) is 0.368. The van der Waals surface area contributed by atoms with E-state index in [1.54, 1.807) is 0 Å². The maximum Gasteiger partial charge on any atom is 0.416 e. The van der Waals surface area contributed by atoms with Crippen LogP contribution < -0.4 is 10.6 Å². The Morgan fingerprint density at radius 1 is 1.50 bits per heavy atom. The van der Waals surface area contributed by atoms with Crippen LogP contribution in [-0.2, 0) is 6.18 Å². The number of halogens is 3. The molecule has 1 aromatic rings. The molecule has 0 saturated heterocycles. The lowest BCUT2D eigenvalue weighted by Crippen LogP contribution is -2.33. The first kappa shape index (κ1) is 13.7. The van der Waals surface area contributed by atoms with Gasteiger partial charge in [-0.3, -0.25) is 15.5 Å². The van der Waals surface area contributed by atoms with Crippen molar-refractivity contribution in [3.63, 3.8) is 0 Å². The molecule has 9 heteroatoms. The Labute approximate surface area is 99.5 Å². The van der Waals surface area contributed by atoms with Crippen molar-refractivity contribution < 1.29 is 18.1 Å². The first-order chi connectivity index (χ1) is 8.14. The molecule has 0 unspecified atom stereocenters. The first-order valence-corrected chi connectivity index (χ1v) is 4.58. The van der Waals surface area contributed by atoms with Crippen LogP contribution >= 0.6 is 0 Å². The molecule has 18 heavy (non-hydrogen) atoms. The Morgan fingerprint density at radius 3 is 2.44 bits per heavy atom. The van der Waals surface area contributed by atoms with E-state index in [1.807, 2.05) is 0 Å². The van der Waals surface area contributed by atoms with E-state index in [1.165, 1.54) is 7.05 Å². The fourth-order valence-corrected chi connectivity index (χ4v) is 1.26. The molecule has 0 radical (unpaired) electrons. The number of guanidine groups is 1. The molecule has 0 amide bonds. The zero-order valence-corrected chi connectivity index (χ0v) is 9.15. The van der Waals surface area contributed by atoms with Gasteiger partial charge in [-0.1, -0.05) is 0 Å². The van der Waals surface area contributed by atoms with Crippen molar-refractivity contribution in [2.45, 2.75) is 6.18 Å². The van der Waals surface area contributed by atoms with E-state index < -0.39 is 28.3 Å². The Hall–Kier alpha value is -2.32.